The van der Waals surface area contributed by atoms with Crippen LogP contribution in [0.2, 0.25) is 0 Å². The molecular weight excluding hydrogens is 423 g/mol. The lowest BCUT2D eigenvalue weighted by Crippen LogP contribution is -2.15. The third kappa shape index (κ3) is 7.23. The Morgan fingerprint density at radius 1 is 1.00 bits per heavy atom. The van der Waals surface area contributed by atoms with Gasteiger partial charge in [-0.15, -0.1) is 0 Å². The van der Waals surface area contributed by atoms with Gasteiger partial charge in [-0.3, -0.25) is 0 Å². The molecule has 0 saturated heterocycles. The van der Waals surface area contributed by atoms with Crippen LogP contribution in [0.1, 0.15) is 42.3 Å². The molecule has 0 radical (unpaired) electrons. The van der Waals surface area contributed by atoms with Crippen LogP contribution in [0.4, 0.5) is 13.2 Å². The molecule has 0 aliphatic heterocycles. The van der Waals surface area contributed by atoms with Crippen LogP contribution in [-0.2, 0) is 20.5 Å². The van der Waals surface area contributed by atoms with E-state index in [1.165, 1.54) is 6.92 Å². The third-order valence-electron chi connectivity index (χ3n) is 4.16. The van der Waals surface area contributed by atoms with Crippen LogP contribution in [0.3, 0.4) is 0 Å². The van der Waals surface area contributed by atoms with Gasteiger partial charge in [0, 0.05) is 0 Å². The Balaban J connectivity index is 2.23. The zero-order valence-corrected chi connectivity index (χ0v) is 17.8. The van der Waals surface area contributed by atoms with Gasteiger partial charge >= 0.3 is 18.1 Å². The van der Waals surface area contributed by atoms with E-state index in [1.54, 1.807) is 19.9 Å². The van der Waals surface area contributed by atoms with Gasteiger partial charge in [0.2, 0.25) is 0 Å². The van der Waals surface area contributed by atoms with Gasteiger partial charge in [-0.25, -0.2) is 9.59 Å². The summed E-state index contributed by atoms with van der Waals surface area (Å²) in [5, 5.41) is 3.68. The fraction of sp³-hybridized carbons (Fsp3) is 0.208. The molecule has 2 rings (SSSR count). The van der Waals surface area contributed by atoms with Gasteiger partial charge in [-0.05, 0) is 62.2 Å². The highest BCUT2D eigenvalue weighted by Crippen LogP contribution is 2.29. The predicted molar refractivity (Wildman–Crippen MR) is 115 cm³/mol. The number of nitrogens with zero attached hydrogens (tertiary/aromatic N) is 1. The first kappa shape index (κ1) is 24.6. The molecule has 32 heavy (non-hydrogen) atoms. The SMILES string of the molecule is CCOC(=O)C(=C\C(C)=C\c1ccccc1)/C(C)=N/OC(=O)c1ccc(C(F)(F)F)cc1. The number of benzene rings is 2. The van der Waals surface area contributed by atoms with Crippen LogP contribution in [0, 0.1) is 0 Å². The number of ether oxygens (including phenoxy) is 1. The van der Waals surface area contributed by atoms with Gasteiger partial charge in [0.15, 0.2) is 0 Å². The number of alkyl halides is 3. The summed E-state index contributed by atoms with van der Waals surface area (Å²) in [5.74, 6) is -1.61. The number of halogens is 3. The highest BCUT2D eigenvalue weighted by molar-refractivity contribution is 6.19. The molecule has 2 aromatic carbocycles. The van der Waals surface area contributed by atoms with E-state index in [1.807, 2.05) is 36.4 Å². The second-order valence-corrected chi connectivity index (χ2v) is 6.71. The summed E-state index contributed by atoms with van der Waals surface area (Å²) in [6.45, 7) is 5.03. The van der Waals surface area contributed by atoms with Crippen LogP contribution in [0.15, 0.2) is 77.0 Å². The molecule has 0 spiro atoms. The smallest absolute Gasteiger partial charge is 0.416 e. The molecule has 0 bridgehead atoms. The first-order valence-corrected chi connectivity index (χ1v) is 9.67. The first-order chi connectivity index (χ1) is 15.1. The Bertz CT molecular complexity index is 1040. The van der Waals surface area contributed by atoms with Crippen molar-refractivity contribution in [2.24, 2.45) is 5.16 Å². The maximum Gasteiger partial charge on any atom is 0.416 e. The van der Waals surface area contributed by atoms with Gasteiger partial charge in [0.25, 0.3) is 0 Å². The molecule has 0 heterocycles. The number of rotatable bonds is 7. The fourth-order valence-corrected chi connectivity index (χ4v) is 2.61. The summed E-state index contributed by atoms with van der Waals surface area (Å²) in [5.41, 5.74) is 0.801. The van der Waals surface area contributed by atoms with E-state index in [4.69, 9.17) is 9.57 Å². The van der Waals surface area contributed by atoms with Crippen LogP contribution >= 0.6 is 0 Å². The summed E-state index contributed by atoms with van der Waals surface area (Å²) < 4.78 is 43.0. The molecule has 0 N–H and O–H groups in total. The average Bonchev–Trinajstić information content (AvgIpc) is 2.76. The molecule has 5 nitrogen and oxygen atoms in total. The molecule has 168 valence electrons. The van der Waals surface area contributed by atoms with Crippen molar-refractivity contribution in [3.05, 3.63) is 88.5 Å². The lowest BCUT2D eigenvalue weighted by molar-refractivity contribution is -0.138. The van der Waals surface area contributed by atoms with E-state index in [-0.39, 0.29) is 23.5 Å². The zero-order valence-electron chi connectivity index (χ0n) is 17.8. The Hall–Kier alpha value is -3.68. The maximum atomic E-state index is 12.7. The normalized spacial score (nSPS) is 13.0. The van der Waals surface area contributed by atoms with E-state index >= 15 is 0 Å². The average molecular weight is 445 g/mol. The number of esters is 1. The van der Waals surface area contributed by atoms with Crippen LogP contribution in [0.5, 0.6) is 0 Å². The summed E-state index contributed by atoms with van der Waals surface area (Å²) in [7, 11) is 0. The van der Waals surface area contributed by atoms with Crippen LogP contribution in [-0.4, -0.2) is 24.3 Å². The van der Waals surface area contributed by atoms with Crippen LogP contribution in [0.25, 0.3) is 6.08 Å². The topological polar surface area (TPSA) is 65.0 Å². The Morgan fingerprint density at radius 2 is 1.62 bits per heavy atom. The van der Waals surface area contributed by atoms with Crippen molar-refractivity contribution >= 4 is 23.7 Å². The zero-order chi connectivity index (χ0) is 23.7. The second-order valence-electron chi connectivity index (χ2n) is 6.71. The summed E-state index contributed by atoms with van der Waals surface area (Å²) >= 11 is 0. The Labute approximate surface area is 183 Å². The number of oxime groups is 1. The van der Waals surface area contributed by atoms with Gasteiger partial charge < -0.3 is 9.57 Å². The second kappa shape index (κ2) is 11.1. The largest absolute Gasteiger partial charge is 0.462 e. The van der Waals surface area contributed by atoms with Gasteiger partial charge in [-0.1, -0.05) is 41.6 Å². The highest BCUT2D eigenvalue weighted by atomic mass is 19.4. The maximum absolute atomic E-state index is 12.7. The van der Waals surface area contributed by atoms with Gasteiger partial charge in [-0.2, -0.15) is 13.2 Å². The lowest BCUT2D eigenvalue weighted by atomic mass is 10.1. The van der Waals surface area contributed by atoms with Crippen molar-refractivity contribution < 1.29 is 32.3 Å². The van der Waals surface area contributed by atoms with E-state index in [0.29, 0.717) is 0 Å². The fourth-order valence-electron chi connectivity index (χ4n) is 2.61. The first-order valence-electron chi connectivity index (χ1n) is 9.67. The highest BCUT2D eigenvalue weighted by Gasteiger charge is 2.30. The summed E-state index contributed by atoms with van der Waals surface area (Å²) in [6.07, 6.45) is -1.11. The number of hydrogen-bond acceptors (Lipinski definition) is 5. The molecule has 0 unspecified atom stereocenters. The molecule has 0 aliphatic carbocycles. The third-order valence-corrected chi connectivity index (χ3v) is 4.16. The Morgan fingerprint density at radius 3 is 2.19 bits per heavy atom. The number of hydrogen-bond donors (Lipinski definition) is 0. The monoisotopic (exact) mass is 445 g/mol. The van der Waals surface area contributed by atoms with E-state index in [2.05, 4.69) is 5.16 Å². The van der Waals surface area contributed by atoms with Crippen molar-refractivity contribution in [2.75, 3.05) is 6.61 Å². The van der Waals surface area contributed by atoms with Crippen molar-refractivity contribution in [1.29, 1.82) is 0 Å². The van der Waals surface area contributed by atoms with Gasteiger partial charge in [0.1, 0.15) is 0 Å². The summed E-state index contributed by atoms with van der Waals surface area (Å²) in [6, 6.07) is 13.0. The predicted octanol–water partition coefficient (Wildman–Crippen LogP) is 5.83. The van der Waals surface area contributed by atoms with Crippen molar-refractivity contribution in [3.8, 4) is 0 Å². The minimum Gasteiger partial charge on any atom is -0.462 e. The van der Waals surface area contributed by atoms with E-state index in [0.717, 1.165) is 35.4 Å². The molecular formula is C24H22F3NO4. The lowest BCUT2D eigenvalue weighted by Gasteiger charge is -2.08. The molecule has 0 atom stereocenters. The standard InChI is InChI=1S/C24H22F3NO4/c1-4-31-23(30)21(15-16(2)14-18-8-6-5-7-9-18)17(3)28-32-22(29)19-10-12-20(13-11-19)24(25,26)27/h5-15H,4H2,1-3H3/b16-14+,21-15-,28-17+. The molecule has 0 fully saturated rings. The quantitative estimate of drug-likeness (QED) is 0.134. The van der Waals surface area contributed by atoms with E-state index in [9.17, 15) is 22.8 Å². The number of carbonyl (C=O) groups excluding carboxylic acids is 2. The minimum absolute atomic E-state index is 0.0736. The molecule has 8 heteroatoms. The Kier molecular flexibility index (Phi) is 8.52. The number of carbonyl (C=O) groups is 2. The molecule has 2 aromatic rings. The molecule has 0 amide bonds. The molecule has 0 aromatic heterocycles. The van der Waals surface area contributed by atoms with E-state index < -0.39 is 23.7 Å². The van der Waals surface area contributed by atoms with Crippen molar-refractivity contribution in [1.82, 2.24) is 0 Å². The molecule has 0 saturated carbocycles. The van der Waals surface area contributed by atoms with Crippen molar-refractivity contribution in [3.63, 3.8) is 0 Å². The number of allylic oxidation sites excluding steroid dienone is 2. The summed E-state index contributed by atoms with van der Waals surface area (Å²) in [4.78, 5) is 29.3. The minimum atomic E-state index is -4.51. The van der Waals surface area contributed by atoms with Crippen LogP contribution < -0.4 is 0 Å². The van der Waals surface area contributed by atoms with Crippen molar-refractivity contribution in [2.45, 2.75) is 26.9 Å². The molecule has 0 aliphatic rings. The van der Waals surface area contributed by atoms with Gasteiger partial charge in [0.05, 0.1) is 29.0 Å².